The molecule has 5 rings (SSSR count). The highest BCUT2D eigenvalue weighted by atomic mass is 32.1. The number of esters is 1. The van der Waals surface area contributed by atoms with Crippen LogP contribution in [0.25, 0.3) is 16.6 Å². The number of nitrogens with zero attached hydrogens (tertiary/aromatic N) is 3. The number of carbonyl (C=O) groups excluding carboxylic acids is 2. The summed E-state index contributed by atoms with van der Waals surface area (Å²) in [5.41, 5.74) is 2.94. The van der Waals surface area contributed by atoms with Crippen LogP contribution < -0.4 is 15.2 Å². The molecule has 200 valence electrons. The topological polar surface area (TPSA) is 96.9 Å². The first-order chi connectivity index (χ1) is 18.9. The lowest BCUT2D eigenvalue weighted by Crippen LogP contribution is -2.49. The zero-order valence-electron chi connectivity index (χ0n) is 21.7. The number of ether oxygens (including phenoxy) is 2. The predicted molar refractivity (Wildman–Crippen MR) is 152 cm³/mol. The van der Waals surface area contributed by atoms with Crippen LogP contribution in [-0.2, 0) is 16.0 Å². The third kappa shape index (κ3) is 5.28. The summed E-state index contributed by atoms with van der Waals surface area (Å²) in [4.78, 5) is 45.2. The predicted octanol–water partition coefficient (Wildman–Crippen LogP) is 3.73. The van der Waals surface area contributed by atoms with Crippen LogP contribution in [0.5, 0.6) is 5.75 Å². The van der Waals surface area contributed by atoms with Crippen molar-refractivity contribution in [3.63, 3.8) is 0 Å². The summed E-state index contributed by atoms with van der Waals surface area (Å²) in [6.45, 7) is 2.73. The number of aromatic nitrogens is 2. The number of rotatable bonds is 6. The molecule has 0 spiro atoms. The van der Waals surface area contributed by atoms with E-state index in [0.29, 0.717) is 35.2 Å². The van der Waals surface area contributed by atoms with Crippen LogP contribution in [0, 0.1) is 4.77 Å². The Balaban J connectivity index is 1.28. The highest BCUT2D eigenvalue weighted by Crippen LogP contribution is 2.28. The van der Waals surface area contributed by atoms with Crippen molar-refractivity contribution in [2.75, 3.05) is 45.3 Å². The van der Waals surface area contributed by atoms with Gasteiger partial charge in [0.15, 0.2) is 4.77 Å². The molecule has 0 atom stereocenters. The van der Waals surface area contributed by atoms with Gasteiger partial charge in [-0.25, -0.2) is 4.79 Å². The molecule has 1 saturated heterocycles. The number of aromatic amines is 1. The maximum atomic E-state index is 13.2. The molecule has 9 nitrogen and oxygen atoms in total. The standard InChI is InChI=1S/C29H28N4O5S/c1-37-25-6-4-3-5-24(25)31-13-15-32(16-14-31)26(34)17-19-7-10-21(11-8-19)33-27(35)22-12-9-20(28(36)38-2)18-23(22)30-29(33)39/h3-12,18H,13-17H2,1-2H3,(H,30,39). The zero-order valence-corrected chi connectivity index (χ0v) is 22.5. The largest absolute Gasteiger partial charge is 0.495 e. The van der Waals surface area contributed by atoms with E-state index in [-0.39, 0.29) is 22.7 Å². The maximum Gasteiger partial charge on any atom is 0.337 e. The molecule has 0 unspecified atom stereocenters. The van der Waals surface area contributed by atoms with Crippen LogP contribution in [-0.4, -0.2) is 66.7 Å². The number of benzene rings is 3. The highest BCUT2D eigenvalue weighted by molar-refractivity contribution is 7.71. The van der Waals surface area contributed by atoms with E-state index in [1.165, 1.54) is 11.7 Å². The molecule has 1 aliphatic heterocycles. The van der Waals surface area contributed by atoms with Gasteiger partial charge in [-0.1, -0.05) is 24.3 Å². The minimum atomic E-state index is -0.496. The number of methoxy groups -OCH3 is 2. The molecule has 3 aromatic carbocycles. The van der Waals surface area contributed by atoms with Gasteiger partial charge in [0.2, 0.25) is 5.91 Å². The fraction of sp³-hybridized carbons (Fsp3) is 0.241. The Morgan fingerprint density at radius 1 is 0.949 bits per heavy atom. The summed E-state index contributed by atoms with van der Waals surface area (Å²) in [6.07, 6.45) is 0.269. The van der Waals surface area contributed by atoms with Gasteiger partial charge >= 0.3 is 5.97 Å². The Morgan fingerprint density at radius 2 is 1.67 bits per heavy atom. The lowest BCUT2D eigenvalue weighted by molar-refractivity contribution is -0.130. The molecule has 1 aromatic heterocycles. The lowest BCUT2D eigenvalue weighted by Gasteiger charge is -2.36. The summed E-state index contributed by atoms with van der Waals surface area (Å²) in [6, 6.07) is 19.8. The highest BCUT2D eigenvalue weighted by Gasteiger charge is 2.23. The van der Waals surface area contributed by atoms with Gasteiger partial charge < -0.3 is 24.3 Å². The number of piperazine rings is 1. The first-order valence-electron chi connectivity index (χ1n) is 12.5. The van der Waals surface area contributed by atoms with E-state index >= 15 is 0 Å². The average molecular weight is 545 g/mol. The fourth-order valence-corrected chi connectivity index (χ4v) is 5.13. The number of carbonyl (C=O) groups is 2. The molecule has 0 bridgehead atoms. The van der Waals surface area contributed by atoms with Crippen molar-refractivity contribution in [1.82, 2.24) is 14.5 Å². The van der Waals surface area contributed by atoms with Crippen molar-refractivity contribution < 1.29 is 19.1 Å². The zero-order chi connectivity index (χ0) is 27.5. The van der Waals surface area contributed by atoms with Crippen LogP contribution in [0.4, 0.5) is 5.69 Å². The normalized spacial score (nSPS) is 13.4. The first-order valence-corrected chi connectivity index (χ1v) is 12.9. The van der Waals surface area contributed by atoms with Crippen molar-refractivity contribution in [1.29, 1.82) is 0 Å². The van der Waals surface area contributed by atoms with Gasteiger partial charge in [0.1, 0.15) is 5.75 Å². The van der Waals surface area contributed by atoms with E-state index in [0.717, 1.165) is 30.1 Å². The number of nitrogens with one attached hydrogen (secondary N) is 1. The van der Waals surface area contributed by atoms with Gasteiger partial charge in [0.25, 0.3) is 5.56 Å². The second-order valence-electron chi connectivity index (χ2n) is 9.21. The molecule has 0 saturated carbocycles. The summed E-state index contributed by atoms with van der Waals surface area (Å²) < 4.78 is 11.8. The molecule has 10 heteroatoms. The molecule has 0 aliphatic carbocycles. The van der Waals surface area contributed by atoms with Crippen molar-refractivity contribution in [3.05, 3.63) is 93.0 Å². The number of fused-ring (bicyclic) bond motifs is 1. The number of anilines is 1. The quantitative estimate of drug-likeness (QED) is 0.292. The molecule has 2 heterocycles. The third-order valence-corrected chi connectivity index (χ3v) is 7.21. The molecule has 4 aromatic rings. The molecular weight excluding hydrogens is 516 g/mol. The second kappa shape index (κ2) is 11.1. The monoisotopic (exact) mass is 544 g/mol. The van der Waals surface area contributed by atoms with Crippen LogP contribution in [0.15, 0.2) is 71.5 Å². The van der Waals surface area contributed by atoms with Gasteiger partial charge in [-0.2, -0.15) is 0 Å². The van der Waals surface area contributed by atoms with E-state index in [1.54, 1.807) is 37.4 Å². The summed E-state index contributed by atoms with van der Waals surface area (Å²) in [7, 11) is 2.96. The second-order valence-corrected chi connectivity index (χ2v) is 9.59. The van der Waals surface area contributed by atoms with Gasteiger partial charge in [0.05, 0.1) is 48.5 Å². The molecule has 0 radical (unpaired) electrons. The van der Waals surface area contributed by atoms with E-state index in [2.05, 4.69) is 9.88 Å². The van der Waals surface area contributed by atoms with Crippen LogP contribution >= 0.6 is 12.2 Å². The Hall–Kier alpha value is -4.44. The minimum absolute atomic E-state index is 0.0593. The smallest absolute Gasteiger partial charge is 0.337 e. The van der Waals surface area contributed by atoms with Crippen LogP contribution in [0.3, 0.4) is 0 Å². The van der Waals surface area contributed by atoms with Crippen molar-refractivity contribution >= 4 is 40.7 Å². The molecule has 1 N–H and O–H groups in total. The SMILES string of the molecule is COC(=O)c1ccc2c(=O)n(-c3ccc(CC(=O)N4CCN(c5ccccc5OC)CC4)cc3)c(=S)[nH]c2c1. The number of H-pyrrole nitrogens is 1. The van der Waals surface area contributed by atoms with Crippen molar-refractivity contribution in [2.24, 2.45) is 0 Å². The molecule has 39 heavy (non-hydrogen) atoms. The molecule has 1 aliphatic rings. The van der Waals surface area contributed by atoms with E-state index in [4.69, 9.17) is 21.7 Å². The van der Waals surface area contributed by atoms with Crippen LogP contribution in [0.2, 0.25) is 0 Å². The summed E-state index contributed by atoms with van der Waals surface area (Å²) in [5.74, 6) is 0.390. The number of hydrogen-bond donors (Lipinski definition) is 1. The van der Waals surface area contributed by atoms with Gasteiger partial charge in [-0.05, 0) is 60.2 Å². The van der Waals surface area contributed by atoms with E-state index in [1.807, 2.05) is 41.3 Å². The molecular formula is C29H28N4O5S. The van der Waals surface area contributed by atoms with Crippen LogP contribution in [0.1, 0.15) is 15.9 Å². The van der Waals surface area contributed by atoms with Gasteiger partial charge in [-0.3, -0.25) is 14.2 Å². The van der Waals surface area contributed by atoms with E-state index < -0.39 is 5.97 Å². The number of amides is 1. The Bertz CT molecular complexity index is 1650. The molecule has 1 amide bonds. The summed E-state index contributed by atoms with van der Waals surface area (Å²) in [5, 5.41) is 0.391. The Morgan fingerprint density at radius 3 is 2.36 bits per heavy atom. The maximum absolute atomic E-state index is 13.2. The van der Waals surface area contributed by atoms with Gasteiger partial charge in [0, 0.05) is 26.2 Å². The minimum Gasteiger partial charge on any atom is -0.495 e. The number of hydrogen-bond acceptors (Lipinski definition) is 7. The third-order valence-electron chi connectivity index (χ3n) is 6.93. The van der Waals surface area contributed by atoms with Gasteiger partial charge in [-0.15, -0.1) is 0 Å². The summed E-state index contributed by atoms with van der Waals surface area (Å²) >= 11 is 5.45. The van der Waals surface area contributed by atoms with Crippen molar-refractivity contribution in [2.45, 2.75) is 6.42 Å². The average Bonchev–Trinajstić information content (AvgIpc) is 2.97. The fourth-order valence-electron chi connectivity index (χ4n) is 4.83. The van der Waals surface area contributed by atoms with E-state index in [9.17, 15) is 14.4 Å². The Kier molecular flexibility index (Phi) is 7.47. The van der Waals surface area contributed by atoms with Crippen molar-refractivity contribution in [3.8, 4) is 11.4 Å². The lowest BCUT2D eigenvalue weighted by atomic mass is 10.1. The Labute approximate surface area is 230 Å². The molecule has 1 fully saturated rings. The first kappa shape index (κ1) is 26.2. The number of para-hydroxylation sites is 2.